The van der Waals surface area contributed by atoms with E-state index in [2.05, 4.69) is 20.5 Å². The van der Waals surface area contributed by atoms with Crippen LogP contribution in [0.25, 0.3) is 10.8 Å². The second-order valence-corrected chi connectivity index (χ2v) is 6.84. The normalized spacial score (nSPS) is 12.0. The maximum Gasteiger partial charge on any atom is 0.273 e. The van der Waals surface area contributed by atoms with E-state index < -0.39 is 0 Å². The van der Waals surface area contributed by atoms with Crippen LogP contribution >= 0.6 is 0 Å². The summed E-state index contributed by atoms with van der Waals surface area (Å²) in [6.07, 6.45) is 3.06. The largest absolute Gasteiger partial charge is 0.347 e. The zero-order valence-electron chi connectivity index (χ0n) is 16.1. The third kappa shape index (κ3) is 4.19. The number of hydrogen-bond acceptors (Lipinski definition) is 5. The number of aromatic nitrogens is 5. The first-order valence-corrected chi connectivity index (χ1v) is 9.50. The SMILES string of the molecule is O=C(CCn1[nH]c(=O)c2ccccc2c1=O)NC(Cn1cncn1)c1ccccc1. The topological polar surface area (TPSA) is 115 Å². The van der Waals surface area contributed by atoms with E-state index in [0.717, 1.165) is 5.56 Å². The standard InChI is InChI=1S/C21H20N6O3/c28-19(10-11-27-21(30)17-9-5-4-8-16(17)20(29)25-27)24-18(12-26-14-22-13-23-26)15-6-2-1-3-7-15/h1-9,13-14,18H,10-12H2,(H,24,28)(H,25,29). The Labute approximate surface area is 171 Å². The van der Waals surface area contributed by atoms with Gasteiger partial charge in [-0.25, -0.2) is 9.67 Å². The summed E-state index contributed by atoms with van der Waals surface area (Å²) in [6.45, 7) is 0.484. The molecule has 2 aromatic heterocycles. The fourth-order valence-corrected chi connectivity index (χ4v) is 3.32. The number of hydrogen-bond donors (Lipinski definition) is 2. The van der Waals surface area contributed by atoms with Crippen molar-refractivity contribution >= 4 is 16.7 Å². The van der Waals surface area contributed by atoms with Gasteiger partial charge in [0.25, 0.3) is 11.1 Å². The van der Waals surface area contributed by atoms with Gasteiger partial charge in [0.1, 0.15) is 12.7 Å². The van der Waals surface area contributed by atoms with E-state index >= 15 is 0 Å². The molecule has 1 unspecified atom stereocenters. The van der Waals surface area contributed by atoms with Crippen LogP contribution in [-0.2, 0) is 17.9 Å². The summed E-state index contributed by atoms with van der Waals surface area (Å²) in [5.74, 6) is -0.245. The van der Waals surface area contributed by atoms with E-state index in [4.69, 9.17) is 0 Å². The van der Waals surface area contributed by atoms with Gasteiger partial charge in [0, 0.05) is 6.42 Å². The van der Waals surface area contributed by atoms with Crippen LogP contribution in [0.2, 0.25) is 0 Å². The molecule has 0 fully saturated rings. The minimum atomic E-state index is -0.362. The number of aromatic amines is 1. The summed E-state index contributed by atoms with van der Waals surface area (Å²) < 4.78 is 2.82. The van der Waals surface area contributed by atoms with Gasteiger partial charge in [-0.1, -0.05) is 42.5 Å². The predicted octanol–water partition coefficient (Wildman–Crippen LogP) is 1.23. The molecule has 0 bridgehead atoms. The highest BCUT2D eigenvalue weighted by Gasteiger charge is 2.16. The first-order valence-electron chi connectivity index (χ1n) is 9.50. The molecule has 0 saturated heterocycles. The molecule has 4 aromatic rings. The Morgan fingerprint density at radius 3 is 2.50 bits per heavy atom. The Hall–Kier alpha value is -4.01. The van der Waals surface area contributed by atoms with Crippen molar-refractivity contribution in [3.8, 4) is 0 Å². The summed E-state index contributed by atoms with van der Waals surface area (Å²) in [4.78, 5) is 41.4. The molecule has 2 aromatic carbocycles. The molecule has 0 aliphatic heterocycles. The quantitative estimate of drug-likeness (QED) is 0.481. The maximum atomic E-state index is 12.6. The molecular weight excluding hydrogens is 384 g/mol. The van der Waals surface area contributed by atoms with Gasteiger partial charge in [0.15, 0.2) is 0 Å². The highest BCUT2D eigenvalue weighted by atomic mass is 16.2. The summed E-state index contributed by atoms with van der Waals surface area (Å²) in [7, 11) is 0. The van der Waals surface area contributed by atoms with E-state index in [1.54, 1.807) is 35.3 Å². The molecule has 2 N–H and O–H groups in total. The van der Waals surface area contributed by atoms with Crippen molar-refractivity contribution in [3.63, 3.8) is 0 Å². The van der Waals surface area contributed by atoms with Gasteiger partial charge in [-0.15, -0.1) is 0 Å². The average molecular weight is 404 g/mol. The fraction of sp³-hybridized carbons (Fsp3) is 0.190. The Morgan fingerprint density at radius 2 is 1.77 bits per heavy atom. The molecule has 30 heavy (non-hydrogen) atoms. The molecule has 1 atom stereocenters. The van der Waals surface area contributed by atoms with Crippen LogP contribution in [0.15, 0.2) is 76.8 Å². The van der Waals surface area contributed by atoms with Gasteiger partial charge in [-0.3, -0.25) is 24.2 Å². The zero-order valence-corrected chi connectivity index (χ0v) is 16.1. The number of carbonyl (C=O) groups is 1. The molecule has 9 heteroatoms. The monoisotopic (exact) mass is 404 g/mol. The van der Waals surface area contributed by atoms with Crippen LogP contribution in [0.3, 0.4) is 0 Å². The number of benzene rings is 2. The summed E-state index contributed by atoms with van der Waals surface area (Å²) >= 11 is 0. The van der Waals surface area contributed by atoms with Crippen LogP contribution in [0.1, 0.15) is 18.0 Å². The molecule has 0 aliphatic carbocycles. The van der Waals surface area contributed by atoms with Crippen molar-refractivity contribution in [1.82, 2.24) is 29.9 Å². The number of fused-ring (bicyclic) bond motifs is 1. The lowest BCUT2D eigenvalue weighted by atomic mass is 10.1. The van der Waals surface area contributed by atoms with Crippen molar-refractivity contribution in [2.45, 2.75) is 25.6 Å². The first-order chi connectivity index (χ1) is 14.6. The maximum absolute atomic E-state index is 12.6. The highest BCUT2D eigenvalue weighted by Crippen LogP contribution is 2.14. The predicted molar refractivity (Wildman–Crippen MR) is 111 cm³/mol. The molecule has 0 spiro atoms. The zero-order chi connectivity index (χ0) is 20.9. The molecule has 0 radical (unpaired) electrons. The average Bonchev–Trinajstić information content (AvgIpc) is 3.29. The highest BCUT2D eigenvalue weighted by molar-refractivity contribution is 5.80. The number of amides is 1. The van der Waals surface area contributed by atoms with Crippen molar-refractivity contribution < 1.29 is 4.79 Å². The Bertz CT molecular complexity index is 1260. The number of nitrogens with zero attached hydrogens (tertiary/aromatic N) is 4. The number of carbonyl (C=O) groups excluding carboxylic acids is 1. The fourth-order valence-electron chi connectivity index (χ4n) is 3.32. The minimum Gasteiger partial charge on any atom is -0.347 e. The molecule has 9 nitrogen and oxygen atoms in total. The van der Waals surface area contributed by atoms with E-state index in [1.807, 2.05) is 30.3 Å². The molecule has 4 rings (SSSR count). The molecule has 152 valence electrons. The van der Waals surface area contributed by atoms with Crippen LogP contribution in [0.5, 0.6) is 0 Å². The number of aryl methyl sites for hydroxylation is 1. The van der Waals surface area contributed by atoms with Gasteiger partial charge < -0.3 is 5.32 Å². The Balaban J connectivity index is 1.49. The summed E-state index contributed by atoms with van der Waals surface area (Å²) in [5.41, 5.74) is 0.233. The Morgan fingerprint density at radius 1 is 1.03 bits per heavy atom. The van der Waals surface area contributed by atoms with Gasteiger partial charge in [-0.05, 0) is 17.7 Å². The lowest BCUT2D eigenvalue weighted by Gasteiger charge is -2.19. The van der Waals surface area contributed by atoms with Crippen molar-refractivity contribution in [3.05, 3.63) is 93.5 Å². The van der Waals surface area contributed by atoms with Gasteiger partial charge in [0.2, 0.25) is 5.91 Å². The number of rotatable bonds is 7. The second-order valence-electron chi connectivity index (χ2n) is 6.84. The molecule has 0 saturated carbocycles. The van der Waals surface area contributed by atoms with E-state index in [0.29, 0.717) is 17.3 Å². The molecular formula is C21H20N6O3. The van der Waals surface area contributed by atoms with E-state index in [9.17, 15) is 14.4 Å². The molecule has 2 heterocycles. The van der Waals surface area contributed by atoms with E-state index in [1.165, 1.54) is 11.0 Å². The first kappa shape index (κ1) is 19.3. The van der Waals surface area contributed by atoms with Crippen LogP contribution in [-0.4, -0.2) is 30.5 Å². The molecule has 0 aliphatic rings. The second kappa shape index (κ2) is 8.56. The minimum absolute atomic E-state index is 0.0366. The Kier molecular flexibility index (Phi) is 5.51. The van der Waals surface area contributed by atoms with Crippen molar-refractivity contribution in [2.24, 2.45) is 0 Å². The summed E-state index contributed by atoms with van der Waals surface area (Å²) in [6, 6.07) is 15.8. The van der Waals surface area contributed by atoms with Crippen LogP contribution in [0, 0.1) is 0 Å². The van der Waals surface area contributed by atoms with Crippen LogP contribution < -0.4 is 16.4 Å². The summed E-state index contributed by atoms with van der Waals surface area (Å²) in [5, 5.41) is 10.3. The van der Waals surface area contributed by atoms with Gasteiger partial charge >= 0.3 is 0 Å². The number of nitrogens with one attached hydrogen (secondary N) is 2. The smallest absolute Gasteiger partial charge is 0.273 e. The lowest BCUT2D eigenvalue weighted by molar-refractivity contribution is -0.122. The van der Waals surface area contributed by atoms with Gasteiger partial charge in [0.05, 0.1) is 29.9 Å². The number of H-pyrrole nitrogens is 1. The lowest BCUT2D eigenvalue weighted by Crippen LogP contribution is -2.35. The third-order valence-electron chi connectivity index (χ3n) is 4.82. The van der Waals surface area contributed by atoms with Gasteiger partial charge in [-0.2, -0.15) is 5.10 Å². The van der Waals surface area contributed by atoms with Crippen LogP contribution in [0.4, 0.5) is 0 Å². The van der Waals surface area contributed by atoms with Crippen molar-refractivity contribution in [1.29, 1.82) is 0 Å². The molecule has 1 amide bonds. The van der Waals surface area contributed by atoms with Crippen molar-refractivity contribution in [2.75, 3.05) is 0 Å². The van der Waals surface area contributed by atoms with E-state index in [-0.39, 0.29) is 36.0 Å². The third-order valence-corrected chi connectivity index (χ3v) is 4.82.